The Bertz CT molecular complexity index is 790. The monoisotopic (exact) mass is 332 g/mol. The van der Waals surface area contributed by atoms with Crippen molar-refractivity contribution < 1.29 is 17.2 Å². The molecule has 0 aromatic heterocycles. The molecule has 0 saturated heterocycles. The van der Waals surface area contributed by atoms with Crippen LogP contribution in [-0.4, -0.2) is 8.42 Å². The van der Waals surface area contributed by atoms with Gasteiger partial charge in [-0.25, -0.2) is 17.2 Å². The van der Waals surface area contributed by atoms with Crippen LogP contribution in [0.15, 0.2) is 35.2 Å². The van der Waals surface area contributed by atoms with Gasteiger partial charge in [-0.05, 0) is 36.8 Å². The molecular formula is C13H11ClF2N2O2S. The van der Waals surface area contributed by atoms with Gasteiger partial charge in [-0.15, -0.1) is 0 Å². The van der Waals surface area contributed by atoms with Crippen molar-refractivity contribution >= 4 is 33.0 Å². The highest BCUT2D eigenvalue weighted by atomic mass is 35.5. The first kappa shape index (κ1) is 15.5. The van der Waals surface area contributed by atoms with Crippen molar-refractivity contribution in [3.63, 3.8) is 0 Å². The summed E-state index contributed by atoms with van der Waals surface area (Å²) in [6, 6.07) is 5.57. The summed E-state index contributed by atoms with van der Waals surface area (Å²) in [6.45, 7) is 1.47. The van der Waals surface area contributed by atoms with Gasteiger partial charge in [-0.1, -0.05) is 17.7 Å². The topological polar surface area (TPSA) is 72.2 Å². The number of benzene rings is 2. The maximum absolute atomic E-state index is 13.5. The van der Waals surface area contributed by atoms with Crippen LogP contribution in [0.2, 0.25) is 5.02 Å². The van der Waals surface area contributed by atoms with Gasteiger partial charge >= 0.3 is 0 Å². The Morgan fingerprint density at radius 3 is 2.33 bits per heavy atom. The quantitative estimate of drug-likeness (QED) is 0.847. The van der Waals surface area contributed by atoms with Crippen molar-refractivity contribution in [3.8, 4) is 0 Å². The minimum absolute atomic E-state index is 0.104. The van der Waals surface area contributed by atoms with Gasteiger partial charge in [0.2, 0.25) is 0 Å². The molecule has 8 heteroatoms. The summed E-state index contributed by atoms with van der Waals surface area (Å²) in [5.74, 6) is -2.04. The summed E-state index contributed by atoms with van der Waals surface area (Å²) >= 11 is 5.77. The van der Waals surface area contributed by atoms with Crippen molar-refractivity contribution in [3.05, 3.63) is 52.6 Å². The van der Waals surface area contributed by atoms with Crippen LogP contribution in [0.4, 0.5) is 20.2 Å². The molecule has 0 fully saturated rings. The highest BCUT2D eigenvalue weighted by Gasteiger charge is 2.22. The number of halogens is 3. The molecule has 0 bridgehead atoms. The minimum atomic E-state index is -4.23. The highest BCUT2D eigenvalue weighted by Crippen LogP contribution is 2.29. The highest BCUT2D eigenvalue weighted by molar-refractivity contribution is 7.92. The van der Waals surface area contributed by atoms with E-state index in [9.17, 15) is 17.2 Å². The summed E-state index contributed by atoms with van der Waals surface area (Å²) in [7, 11) is -4.23. The molecule has 21 heavy (non-hydrogen) atoms. The summed E-state index contributed by atoms with van der Waals surface area (Å²) in [4.78, 5) is -0.241. The van der Waals surface area contributed by atoms with Crippen LogP contribution in [0.25, 0.3) is 0 Å². The third kappa shape index (κ3) is 3.08. The zero-order valence-electron chi connectivity index (χ0n) is 10.8. The Morgan fingerprint density at radius 2 is 1.76 bits per heavy atom. The zero-order valence-corrected chi connectivity index (χ0v) is 12.4. The normalized spacial score (nSPS) is 11.4. The fourth-order valence-electron chi connectivity index (χ4n) is 1.74. The van der Waals surface area contributed by atoms with E-state index in [0.29, 0.717) is 0 Å². The fraction of sp³-hybridized carbons (Fsp3) is 0.0769. The number of para-hydroxylation sites is 1. The van der Waals surface area contributed by atoms with E-state index in [0.717, 1.165) is 24.3 Å². The smallest absolute Gasteiger partial charge is 0.262 e. The van der Waals surface area contributed by atoms with Gasteiger partial charge in [0.05, 0.1) is 4.90 Å². The van der Waals surface area contributed by atoms with E-state index < -0.39 is 27.3 Å². The van der Waals surface area contributed by atoms with E-state index in [1.54, 1.807) is 0 Å². The Balaban J connectivity index is 2.54. The summed E-state index contributed by atoms with van der Waals surface area (Å²) in [6.07, 6.45) is 0. The standard InChI is InChI=1S/C13H11ClF2N2O2S/c1-7-11(17)5-8(14)6-12(7)21(19,20)18-13-9(15)3-2-4-10(13)16/h2-6,18H,17H2,1H3. The maximum atomic E-state index is 13.5. The van der Waals surface area contributed by atoms with Crippen LogP contribution in [0.1, 0.15) is 5.56 Å². The van der Waals surface area contributed by atoms with Crippen molar-refractivity contribution in [2.75, 3.05) is 10.5 Å². The molecule has 0 amide bonds. The van der Waals surface area contributed by atoms with E-state index in [4.69, 9.17) is 17.3 Å². The number of anilines is 2. The van der Waals surface area contributed by atoms with Crippen molar-refractivity contribution in [2.24, 2.45) is 0 Å². The van der Waals surface area contributed by atoms with Crippen LogP contribution >= 0.6 is 11.6 Å². The zero-order chi connectivity index (χ0) is 15.8. The lowest BCUT2D eigenvalue weighted by Gasteiger charge is -2.13. The molecule has 0 spiro atoms. The lowest BCUT2D eigenvalue weighted by Crippen LogP contribution is -2.17. The first-order chi connectivity index (χ1) is 9.72. The van der Waals surface area contributed by atoms with E-state index in [-0.39, 0.29) is 21.2 Å². The number of nitrogen functional groups attached to an aromatic ring is 1. The minimum Gasteiger partial charge on any atom is -0.398 e. The van der Waals surface area contributed by atoms with Gasteiger partial charge in [0.25, 0.3) is 10.0 Å². The SMILES string of the molecule is Cc1c(N)cc(Cl)cc1S(=O)(=O)Nc1c(F)cccc1F. The van der Waals surface area contributed by atoms with Crippen LogP contribution in [0.5, 0.6) is 0 Å². The Morgan fingerprint density at radius 1 is 1.19 bits per heavy atom. The molecule has 2 rings (SSSR count). The summed E-state index contributed by atoms with van der Waals surface area (Å²) < 4.78 is 53.5. The van der Waals surface area contributed by atoms with E-state index >= 15 is 0 Å². The van der Waals surface area contributed by atoms with Gasteiger partial charge in [0, 0.05) is 10.7 Å². The van der Waals surface area contributed by atoms with E-state index in [2.05, 4.69) is 0 Å². The van der Waals surface area contributed by atoms with Gasteiger partial charge < -0.3 is 5.73 Å². The lowest BCUT2D eigenvalue weighted by molar-refractivity contribution is 0.582. The van der Waals surface area contributed by atoms with Gasteiger partial charge in [-0.3, -0.25) is 4.72 Å². The molecular weight excluding hydrogens is 322 g/mol. The second-order valence-electron chi connectivity index (χ2n) is 4.32. The van der Waals surface area contributed by atoms with E-state index in [1.165, 1.54) is 13.0 Å². The predicted octanol–water partition coefficient (Wildman–Crippen LogP) is 3.31. The van der Waals surface area contributed by atoms with Crippen LogP contribution in [0.3, 0.4) is 0 Å². The number of rotatable bonds is 3. The number of nitrogens with two attached hydrogens (primary N) is 1. The molecule has 0 aliphatic rings. The second kappa shape index (κ2) is 5.50. The fourth-order valence-corrected chi connectivity index (χ4v) is 3.41. The number of nitrogens with one attached hydrogen (secondary N) is 1. The average molecular weight is 333 g/mol. The van der Waals surface area contributed by atoms with E-state index in [1.807, 2.05) is 4.72 Å². The molecule has 0 aliphatic carbocycles. The molecule has 3 N–H and O–H groups in total. The number of sulfonamides is 1. The molecule has 0 radical (unpaired) electrons. The Hall–Kier alpha value is -1.86. The van der Waals surface area contributed by atoms with Crippen LogP contribution in [0, 0.1) is 18.6 Å². The van der Waals surface area contributed by atoms with Crippen LogP contribution < -0.4 is 10.5 Å². The molecule has 2 aromatic rings. The summed E-state index contributed by atoms with van der Waals surface area (Å²) in [5, 5.41) is 0.104. The average Bonchev–Trinajstić information content (AvgIpc) is 2.38. The molecule has 0 atom stereocenters. The van der Waals surface area contributed by atoms with Gasteiger partial charge in [0.15, 0.2) is 0 Å². The van der Waals surface area contributed by atoms with Crippen molar-refractivity contribution in [2.45, 2.75) is 11.8 Å². The third-order valence-corrected chi connectivity index (χ3v) is 4.55. The molecule has 0 heterocycles. The third-order valence-electron chi connectivity index (χ3n) is 2.85. The van der Waals surface area contributed by atoms with Gasteiger partial charge in [-0.2, -0.15) is 0 Å². The number of hydrogen-bond donors (Lipinski definition) is 2. The molecule has 0 unspecified atom stereocenters. The predicted molar refractivity (Wildman–Crippen MR) is 77.8 cm³/mol. The lowest BCUT2D eigenvalue weighted by atomic mass is 10.2. The Labute approximate surface area is 125 Å². The molecule has 0 aliphatic heterocycles. The second-order valence-corrected chi connectivity index (χ2v) is 6.41. The summed E-state index contributed by atoms with van der Waals surface area (Å²) in [5.41, 5.74) is 5.30. The van der Waals surface area contributed by atoms with Gasteiger partial charge in [0.1, 0.15) is 17.3 Å². The first-order valence-corrected chi connectivity index (χ1v) is 7.61. The first-order valence-electron chi connectivity index (χ1n) is 5.75. The molecule has 2 aromatic carbocycles. The van der Waals surface area contributed by atoms with Crippen LogP contribution in [-0.2, 0) is 10.0 Å². The molecule has 4 nitrogen and oxygen atoms in total. The largest absolute Gasteiger partial charge is 0.398 e. The molecule has 0 saturated carbocycles. The molecule has 112 valence electrons. The Kier molecular flexibility index (Phi) is 4.06. The van der Waals surface area contributed by atoms with Crippen molar-refractivity contribution in [1.29, 1.82) is 0 Å². The maximum Gasteiger partial charge on any atom is 0.262 e. The number of hydrogen-bond acceptors (Lipinski definition) is 3. The van der Waals surface area contributed by atoms with Crippen molar-refractivity contribution in [1.82, 2.24) is 0 Å².